The van der Waals surface area contributed by atoms with E-state index in [0.717, 1.165) is 44.2 Å². The zero-order valence-corrected chi connectivity index (χ0v) is 14.1. The van der Waals surface area contributed by atoms with Gasteiger partial charge in [-0.05, 0) is 61.7 Å². The van der Waals surface area contributed by atoms with Gasteiger partial charge in [0, 0.05) is 17.5 Å². The maximum Gasteiger partial charge on any atom is 0.307 e. The van der Waals surface area contributed by atoms with Crippen molar-refractivity contribution in [2.75, 3.05) is 0 Å². The molecule has 1 aliphatic heterocycles. The molecule has 4 heteroatoms. The summed E-state index contributed by atoms with van der Waals surface area (Å²) in [5.41, 5.74) is 1.19. The Labute approximate surface area is 137 Å². The van der Waals surface area contributed by atoms with E-state index in [4.69, 9.17) is 0 Å². The second-order valence-electron chi connectivity index (χ2n) is 8.71. The number of hydrogen-bond acceptors (Lipinski definition) is 2. The van der Waals surface area contributed by atoms with Crippen LogP contribution >= 0.6 is 0 Å². The van der Waals surface area contributed by atoms with E-state index in [9.17, 15) is 14.7 Å². The summed E-state index contributed by atoms with van der Waals surface area (Å²) in [5.74, 6) is 1.08. The van der Waals surface area contributed by atoms with Gasteiger partial charge in [0.25, 0.3) is 0 Å². The SMILES string of the molecule is C[C@]12CCC(=O)NC1=CCC1C2CC[C@]2(C)C(C(=O)O)CC[C@@H]12. The number of rotatable bonds is 1. The molecule has 126 valence electrons. The fourth-order valence-electron chi connectivity index (χ4n) is 6.60. The Bertz CT molecular complexity index is 597. The van der Waals surface area contributed by atoms with Gasteiger partial charge in [0.2, 0.25) is 5.91 Å². The molecule has 4 rings (SSSR count). The van der Waals surface area contributed by atoms with Crippen LogP contribution in [0, 0.1) is 34.5 Å². The predicted molar refractivity (Wildman–Crippen MR) is 86.4 cm³/mol. The molecule has 0 bridgehead atoms. The minimum absolute atomic E-state index is 0.0351. The monoisotopic (exact) mass is 317 g/mol. The van der Waals surface area contributed by atoms with Gasteiger partial charge in [0.1, 0.15) is 0 Å². The average molecular weight is 317 g/mol. The third-order valence-electron chi connectivity index (χ3n) is 7.91. The summed E-state index contributed by atoms with van der Waals surface area (Å²) < 4.78 is 0. The van der Waals surface area contributed by atoms with Gasteiger partial charge < -0.3 is 10.4 Å². The summed E-state index contributed by atoms with van der Waals surface area (Å²) >= 11 is 0. The first-order valence-electron chi connectivity index (χ1n) is 9.09. The Morgan fingerprint density at radius 2 is 2.00 bits per heavy atom. The zero-order valence-electron chi connectivity index (χ0n) is 14.1. The lowest BCUT2D eigenvalue weighted by Gasteiger charge is -2.56. The standard InChI is InChI=1S/C19H27NO3/c1-18-9-7-13-11(12(18)4-5-14(18)17(22)23)3-6-15-19(13,2)10-8-16(21)20-15/h6,11-14H,3-5,7-10H2,1-2H3,(H,20,21)(H,22,23)/t11?,12-,13?,14?,18-,19+/m0/s1. The molecule has 3 fully saturated rings. The number of hydrogen-bond donors (Lipinski definition) is 2. The van der Waals surface area contributed by atoms with Gasteiger partial charge in [0.15, 0.2) is 0 Å². The van der Waals surface area contributed by atoms with Crippen molar-refractivity contribution < 1.29 is 14.7 Å². The molecule has 1 saturated heterocycles. The second-order valence-corrected chi connectivity index (χ2v) is 8.71. The highest BCUT2D eigenvalue weighted by Crippen LogP contribution is 2.65. The van der Waals surface area contributed by atoms with E-state index in [2.05, 4.69) is 25.2 Å². The van der Waals surface area contributed by atoms with E-state index in [1.807, 2.05) is 0 Å². The number of amides is 1. The van der Waals surface area contributed by atoms with E-state index >= 15 is 0 Å². The molecule has 4 aliphatic rings. The van der Waals surface area contributed by atoms with Crippen LogP contribution in [-0.2, 0) is 9.59 Å². The molecule has 0 spiro atoms. The van der Waals surface area contributed by atoms with Gasteiger partial charge in [-0.25, -0.2) is 0 Å². The Hall–Kier alpha value is -1.32. The molecule has 6 atom stereocenters. The number of nitrogens with one attached hydrogen (secondary N) is 1. The van der Waals surface area contributed by atoms with E-state index in [0.29, 0.717) is 24.2 Å². The van der Waals surface area contributed by atoms with Crippen LogP contribution in [0.25, 0.3) is 0 Å². The molecule has 0 aromatic carbocycles. The number of carboxylic acids is 1. The summed E-state index contributed by atoms with van der Waals surface area (Å²) in [7, 11) is 0. The first-order valence-corrected chi connectivity index (χ1v) is 9.09. The molecular weight excluding hydrogens is 290 g/mol. The lowest BCUT2D eigenvalue weighted by molar-refractivity contribution is -0.149. The van der Waals surface area contributed by atoms with Gasteiger partial charge in [0.05, 0.1) is 5.92 Å². The lowest BCUT2D eigenvalue weighted by atomic mass is 9.49. The number of carboxylic acid groups (broad SMARTS) is 1. The molecule has 3 aliphatic carbocycles. The number of carbonyl (C=O) groups excluding carboxylic acids is 1. The zero-order chi connectivity index (χ0) is 16.4. The number of piperidine rings is 1. The number of carbonyl (C=O) groups is 2. The fraction of sp³-hybridized carbons (Fsp3) is 0.789. The van der Waals surface area contributed by atoms with Crippen molar-refractivity contribution in [3.63, 3.8) is 0 Å². The first-order chi connectivity index (χ1) is 10.9. The topological polar surface area (TPSA) is 66.4 Å². The average Bonchev–Trinajstić information content (AvgIpc) is 2.85. The van der Waals surface area contributed by atoms with Crippen molar-refractivity contribution in [2.24, 2.45) is 34.5 Å². The molecule has 0 radical (unpaired) electrons. The van der Waals surface area contributed by atoms with Crippen molar-refractivity contribution in [3.05, 3.63) is 11.8 Å². The number of fused-ring (bicyclic) bond motifs is 5. The number of aliphatic carboxylic acids is 1. The summed E-state index contributed by atoms with van der Waals surface area (Å²) in [6.07, 6.45) is 8.83. The molecule has 3 unspecified atom stereocenters. The summed E-state index contributed by atoms with van der Waals surface area (Å²) in [5, 5.41) is 12.7. The van der Waals surface area contributed by atoms with Crippen LogP contribution in [0.5, 0.6) is 0 Å². The third-order valence-corrected chi connectivity index (χ3v) is 7.91. The quantitative estimate of drug-likeness (QED) is 0.779. The normalized spacial score (nSPS) is 48.6. The first kappa shape index (κ1) is 15.2. The van der Waals surface area contributed by atoms with Crippen LogP contribution in [0.4, 0.5) is 0 Å². The van der Waals surface area contributed by atoms with Crippen molar-refractivity contribution in [1.29, 1.82) is 0 Å². The van der Waals surface area contributed by atoms with Gasteiger partial charge in [-0.2, -0.15) is 0 Å². The molecule has 2 N–H and O–H groups in total. The molecule has 0 aromatic rings. The summed E-state index contributed by atoms with van der Waals surface area (Å²) in [6, 6.07) is 0. The van der Waals surface area contributed by atoms with Crippen LogP contribution in [0.15, 0.2) is 11.8 Å². The maximum absolute atomic E-state index is 11.8. The predicted octanol–water partition coefficient (Wildman–Crippen LogP) is 3.33. The molecule has 4 nitrogen and oxygen atoms in total. The van der Waals surface area contributed by atoms with Crippen LogP contribution in [0.2, 0.25) is 0 Å². The van der Waals surface area contributed by atoms with Crippen molar-refractivity contribution in [3.8, 4) is 0 Å². The largest absolute Gasteiger partial charge is 0.481 e. The molecule has 23 heavy (non-hydrogen) atoms. The maximum atomic E-state index is 11.8. The Kier molecular flexibility index (Phi) is 3.20. The van der Waals surface area contributed by atoms with Crippen molar-refractivity contribution >= 4 is 11.9 Å². The van der Waals surface area contributed by atoms with E-state index < -0.39 is 5.97 Å². The number of allylic oxidation sites excluding steroid dienone is 2. The minimum Gasteiger partial charge on any atom is -0.481 e. The second kappa shape index (κ2) is 4.84. The smallest absolute Gasteiger partial charge is 0.307 e. The third kappa shape index (κ3) is 1.96. The van der Waals surface area contributed by atoms with Gasteiger partial charge in [-0.1, -0.05) is 19.9 Å². The Balaban J connectivity index is 1.67. The van der Waals surface area contributed by atoms with Gasteiger partial charge >= 0.3 is 5.97 Å². The van der Waals surface area contributed by atoms with Crippen LogP contribution < -0.4 is 5.32 Å². The Morgan fingerprint density at radius 1 is 1.22 bits per heavy atom. The van der Waals surface area contributed by atoms with Gasteiger partial charge in [-0.15, -0.1) is 0 Å². The van der Waals surface area contributed by atoms with Crippen LogP contribution in [0.1, 0.15) is 58.8 Å². The highest BCUT2D eigenvalue weighted by Gasteiger charge is 2.60. The molecule has 2 saturated carbocycles. The Morgan fingerprint density at radius 3 is 2.74 bits per heavy atom. The van der Waals surface area contributed by atoms with E-state index in [1.165, 1.54) is 0 Å². The van der Waals surface area contributed by atoms with Crippen LogP contribution in [-0.4, -0.2) is 17.0 Å². The summed E-state index contributed by atoms with van der Waals surface area (Å²) in [4.78, 5) is 23.4. The molecular formula is C19H27NO3. The highest BCUT2D eigenvalue weighted by molar-refractivity contribution is 5.79. The van der Waals surface area contributed by atoms with Crippen LogP contribution in [0.3, 0.4) is 0 Å². The molecule has 1 amide bonds. The van der Waals surface area contributed by atoms with E-state index in [1.54, 1.807) is 0 Å². The molecule has 1 heterocycles. The van der Waals surface area contributed by atoms with E-state index in [-0.39, 0.29) is 22.7 Å². The van der Waals surface area contributed by atoms with Gasteiger partial charge in [-0.3, -0.25) is 9.59 Å². The molecule has 0 aromatic heterocycles. The van der Waals surface area contributed by atoms with Crippen molar-refractivity contribution in [2.45, 2.75) is 58.8 Å². The minimum atomic E-state index is -0.600. The lowest BCUT2D eigenvalue weighted by Crippen LogP contribution is -2.53. The fourth-order valence-corrected chi connectivity index (χ4v) is 6.60. The highest BCUT2D eigenvalue weighted by atomic mass is 16.4. The summed E-state index contributed by atoms with van der Waals surface area (Å²) in [6.45, 7) is 4.55. The van der Waals surface area contributed by atoms with Crippen molar-refractivity contribution in [1.82, 2.24) is 5.32 Å².